The van der Waals surface area contributed by atoms with E-state index in [0.717, 1.165) is 32.1 Å². The van der Waals surface area contributed by atoms with E-state index in [-0.39, 0.29) is 11.9 Å². The number of rotatable bonds is 4. The van der Waals surface area contributed by atoms with Crippen molar-refractivity contribution in [3.63, 3.8) is 0 Å². The molecule has 0 bridgehead atoms. The van der Waals surface area contributed by atoms with Crippen molar-refractivity contribution < 1.29 is 4.79 Å². The molecule has 1 saturated heterocycles. The van der Waals surface area contributed by atoms with Crippen LogP contribution in [0.15, 0.2) is 0 Å². The molecule has 4 nitrogen and oxygen atoms in total. The Hall–Kier alpha value is -0.610. The summed E-state index contributed by atoms with van der Waals surface area (Å²) in [6.07, 6.45) is 2.56. The van der Waals surface area contributed by atoms with Gasteiger partial charge in [-0.05, 0) is 32.6 Å². The maximum atomic E-state index is 12.0. The molecule has 1 aliphatic carbocycles. The Kier molecular flexibility index (Phi) is 3.82. The Labute approximate surface area is 97.8 Å². The van der Waals surface area contributed by atoms with Gasteiger partial charge in [-0.15, -0.1) is 0 Å². The van der Waals surface area contributed by atoms with Gasteiger partial charge in [0.2, 0.25) is 5.91 Å². The van der Waals surface area contributed by atoms with Crippen molar-refractivity contribution >= 4 is 5.91 Å². The summed E-state index contributed by atoms with van der Waals surface area (Å²) in [6, 6.07) is 0.376. The Morgan fingerprint density at radius 3 is 2.50 bits per heavy atom. The average molecular weight is 225 g/mol. The van der Waals surface area contributed by atoms with Crippen LogP contribution in [0.2, 0.25) is 0 Å². The molecule has 2 unspecified atom stereocenters. The number of nitrogens with one attached hydrogen (secondary N) is 2. The van der Waals surface area contributed by atoms with Crippen LogP contribution in [-0.4, -0.2) is 49.1 Å². The van der Waals surface area contributed by atoms with Crippen LogP contribution >= 0.6 is 0 Å². The van der Waals surface area contributed by atoms with Crippen molar-refractivity contribution in [2.24, 2.45) is 5.92 Å². The maximum absolute atomic E-state index is 12.0. The van der Waals surface area contributed by atoms with E-state index in [1.807, 2.05) is 6.92 Å². The van der Waals surface area contributed by atoms with Crippen molar-refractivity contribution in [3.05, 3.63) is 0 Å². The number of piperazine rings is 1. The molecule has 0 aromatic carbocycles. The van der Waals surface area contributed by atoms with Gasteiger partial charge >= 0.3 is 0 Å². The number of carbonyl (C=O) groups is 1. The number of carbonyl (C=O) groups excluding carboxylic acids is 1. The predicted molar refractivity (Wildman–Crippen MR) is 64.2 cm³/mol. The predicted octanol–water partition coefficient (Wildman–Crippen LogP) is 0.195. The lowest BCUT2D eigenvalue weighted by molar-refractivity contribution is -0.126. The van der Waals surface area contributed by atoms with Crippen LogP contribution in [0.25, 0.3) is 0 Å². The van der Waals surface area contributed by atoms with Gasteiger partial charge in [-0.3, -0.25) is 9.69 Å². The van der Waals surface area contributed by atoms with Gasteiger partial charge in [0, 0.05) is 32.2 Å². The zero-order valence-electron chi connectivity index (χ0n) is 10.3. The van der Waals surface area contributed by atoms with E-state index < -0.39 is 0 Å². The summed E-state index contributed by atoms with van der Waals surface area (Å²) in [5.74, 6) is 0.931. The minimum absolute atomic E-state index is 0.0169. The molecule has 2 fully saturated rings. The molecule has 2 atom stereocenters. The summed E-state index contributed by atoms with van der Waals surface area (Å²) < 4.78 is 0. The molecular formula is C12H23N3O. The first-order valence-electron chi connectivity index (χ1n) is 6.43. The lowest BCUT2D eigenvalue weighted by atomic mass is 10.2. The molecule has 92 valence electrons. The van der Waals surface area contributed by atoms with E-state index in [1.54, 1.807) is 0 Å². The van der Waals surface area contributed by atoms with E-state index in [0.29, 0.717) is 6.04 Å². The van der Waals surface area contributed by atoms with E-state index in [1.165, 1.54) is 12.8 Å². The van der Waals surface area contributed by atoms with Crippen LogP contribution in [0.3, 0.4) is 0 Å². The van der Waals surface area contributed by atoms with Gasteiger partial charge in [0.1, 0.15) is 0 Å². The quantitative estimate of drug-likeness (QED) is 0.718. The third-order valence-corrected chi connectivity index (χ3v) is 3.78. The SMILES string of the molecule is CC(NC(=O)C(C)N1CCNCC1)C1CC1. The zero-order valence-corrected chi connectivity index (χ0v) is 10.3. The van der Waals surface area contributed by atoms with Crippen molar-refractivity contribution in [1.82, 2.24) is 15.5 Å². The fourth-order valence-electron chi connectivity index (χ4n) is 2.29. The molecular weight excluding hydrogens is 202 g/mol. The minimum atomic E-state index is 0.0169. The second-order valence-electron chi connectivity index (χ2n) is 5.10. The molecule has 1 amide bonds. The molecule has 1 aliphatic heterocycles. The van der Waals surface area contributed by atoms with Crippen LogP contribution in [0.5, 0.6) is 0 Å². The van der Waals surface area contributed by atoms with E-state index >= 15 is 0 Å². The Morgan fingerprint density at radius 1 is 1.31 bits per heavy atom. The van der Waals surface area contributed by atoms with Crippen molar-refractivity contribution in [1.29, 1.82) is 0 Å². The van der Waals surface area contributed by atoms with E-state index in [2.05, 4.69) is 22.5 Å². The number of nitrogens with zero attached hydrogens (tertiary/aromatic N) is 1. The molecule has 0 radical (unpaired) electrons. The standard InChI is InChI=1S/C12H23N3O/c1-9(11-3-4-11)14-12(16)10(2)15-7-5-13-6-8-15/h9-11,13H,3-8H2,1-2H3,(H,14,16). The van der Waals surface area contributed by atoms with E-state index in [4.69, 9.17) is 0 Å². The smallest absolute Gasteiger partial charge is 0.237 e. The Balaban J connectivity index is 1.78. The van der Waals surface area contributed by atoms with Gasteiger partial charge in [0.15, 0.2) is 0 Å². The molecule has 1 saturated carbocycles. The normalized spacial score (nSPS) is 26.1. The molecule has 0 spiro atoms. The van der Waals surface area contributed by atoms with Crippen molar-refractivity contribution in [2.45, 2.75) is 38.8 Å². The van der Waals surface area contributed by atoms with Gasteiger partial charge in [0.05, 0.1) is 6.04 Å². The highest BCUT2D eigenvalue weighted by Crippen LogP contribution is 2.32. The first kappa shape index (κ1) is 11.9. The first-order chi connectivity index (χ1) is 7.68. The third-order valence-electron chi connectivity index (χ3n) is 3.78. The third kappa shape index (κ3) is 2.95. The molecule has 4 heteroatoms. The fraction of sp³-hybridized carbons (Fsp3) is 0.917. The molecule has 1 heterocycles. The van der Waals surface area contributed by atoms with Gasteiger partial charge in [-0.2, -0.15) is 0 Å². The molecule has 16 heavy (non-hydrogen) atoms. The summed E-state index contributed by atoms with van der Waals surface area (Å²) in [6.45, 7) is 8.09. The average Bonchev–Trinajstić information content (AvgIpc) is 3.13. The second-order valence-corrected chi connectivity index (χ2v) is 5.10. The molecule has 0 aromatic heterocycles. The van der Waals surface area contributed by atoms with Crippen LogP contribution in [0, 0.1) is 5.92 Å². The van der Waals surface area contributed by atoms with Gasteiger partial charge < -0.3 is 10.6 Å². The topological polar surface area (TPSA) is 44.4 Å². The number of hydrogen-bond acceptors (Lipinski definition) is 3. The van der Waals surface area contributed by atoms with Crippen LogP contribution < -0.4 is 10.6 Å². The largest absolute Gasteiger partial charge is 0.352 e. The second kappa shape index (κ2) is 5.15. The number of amides is 1. The molecule has 2 rings (SSSR count). The van der Waals surface area contributed by atoms with Gasteiger partial charge in [0.25, 0.3) is 0 Å². The summed E-state index contributed by atoms with van der Waals surface area (Å²) in [5, 5.41) is 6.44. The highest BCUT2D eigenvalue weighted by Gasteiger charge is 2.31. The summed E-state index contributed by atoms with van der Waals surface area (Å²) in [5.41, 5.74) is 0. The monoisotopic (exact) mass is 225 g/mol. The minimum Gasteiger partial charge on any atom is -0.352 e. The highest BCUT2D eigenvalue weighted by molar-refractivity contribution is 5.81. The summed E-state index contributed by atoms with van der Waals surface area (Å²) >= 11 is 0. The lowest BCUT2D eigenvalue weighted by Crippen LogP contribution is -2.53. The van der Waals surface area contributed by atoms with Crippen molar-refractivity contribution in [2.75, 3.05) is 26.2 Å². The molecule has 0 aromatic rings. The Morgan fingerprint density at radius 2 is 1.94 bits per heavy atom. The maximum Gasteiger partial charge on any atom is 0.237 e. The highest BCUT2D eigenvalue weighted by atomic mass is 16.2. The van der Waals surface area contributed by atoms with Gasteiger partial charge in [-0.25, -0.2) is 0 Å². The summed E-state index contributed by atoms with van der Waals surface area (Å²) in [7, 11) is 0. The number of hydrogen-bond donors (Lipinski definition) is 2. The molecule has 2 aliphatic rings. The molecule has 2 N–H and O–H groups in total. The van der Waals surface area contributed by atoms with Crippen molar-refractivity contribution in [3.8, 4) is 0 Å². The van der Waals surface area contributed by atoms with E-state index in [9.17, 15) is 4.79 Å². The zero-order chi connectivity index (χ0) is 11.5. The van der Waals surface area contributed by atoms with Crippen LogP contribution in [-0.2, 0) is 4.79 Å². The fourth-order valence-corrected chi connectivity index (χ4v) is 2.29. The van der Waals surface area contributed by atoms with Crippen LogP contribution in [0.4, 0.5) is 0 Å². The Bertz CT molecular complexity index is 247. The van der Waals surface area contributed by atoms with Gasteiger partial charge in [-0.1, -0.05) is 0 Å². The van der Waals surface area contributed by atoms with Crippen LogP contribution in [0.1, 0.15) is 26.7 Å². The lowest BCUT2D eigenvalue weighted by Gasteiger charge is -2.32. The summed E-state index contributed by atoms with van der Waals surface area (Å²) in [4.78, 5) is 14.3. The first-order valence-corrected chi connectivity index (χ1v) is 6.43.